The Bertz CT molecular complexity index is 396. The Hall–Kier alpha value is -1.36. The van der Waals surface area contributed by atoms with E-state index in [1.807, 2.05) is 20.8 Å². The molecule has 0 fully saturated rings. The summed E-state index contributed by atoms with van der Waals surface area (Å²) in [5.74, 6) is 1.77. The number of nitrogens with one attached hydrogen (secondary N) is 1. The summed E-state index contributed by atoms with van der Waals surface area (Å²) in [7, 11) is 0. The number of rotatable bonds is 4. The van der Waals surface area contributed by atoms with Gasteiger partial charge in [0.05, 0.1) is 11.1 Å². The Kier molecular flexibility index (Phi) is 3.62. The van der Waals surface area contributed by atoms with Gasteiger partial charge in [0.15, 0.2) is 0 Å². The first kappa shape index (κ1) is 13.7. The fourth-order valence-electron chi connectivity index (χ4n) is 1.21. The van der Waals surface area contributed by atoms with E-state index in [1.54, 1.807) is 19.9 Å². The summed E-state index contributed by atoms with van der Waals surface area (Å²) < 4.78 is 0. The highest BCUT2D eigenvalue weighted by Crippen LogP contribution is 2.25. The van der Waals surface area contributed by atoms with E-state index in [9.17, 15) is 5.11 Å². The van der Waals surface area contributed by atoms with Crippen LogP contribution in [0.4, 0.5) is 11.6 Å². The van der Waals surface area contributed by atoms with Crippen molar-refractivity contribution in [3.8, 4) is 0 Å². The first-order valence-corrected chi connectivity index (χ1v) is 5.79. The van der Waals surface area contributed by atoms with E-state index >= 15 is 0 Å². The number of hydrogen-bond donors (Lipinski definition) is 3. The van der Waals surface area contributed by atoms with Crippen LogP contribution in [0.15, 0.2) is 6.07 Å². The van der Waals surface area contributed by atoms with Crippen LogP contribution in [0.1, 0.15) is 40.4 Å². The first-order chi connectivity index (χ1) is 7.65. The molecule has 0 aliphatic rings. The minimum absolute atomic E-state index is 0.436. The van der Waals surface area contributed by atoms with Gasteiger partial charge in [0.25, 0.3) is 0 Å². The number of anilines is 2. The summed E-state index contributed by atoms with van der Waals surface area (Å²) in [6, 6.07) is 1.67. The zero-order valence-electron chi connectivity index (χ0n) is 11.2. The van der Waals surface area contributed by atoms with Gasteiger partial charge in [0.2, 0.25) is 0 Å². The lowest BCUT2D eigenvalue weighted by Gasteiger charge is -2.38. The van der Waals surface area contributed by atoms with Crippen molar-refractivity contribution in [2.24, 2.45) is 0 Å². The molecule has 0 bridgehead atoms. The molecule has 0 saturated heterocycles. The molecule has 0 radical (unpaired) electrons. The summed E-state index contributed by atoms with van der Waals surface area (Å²) in [5.41, 5.74) is 4.32. The fourth-order valence-corrected chi connectivity index (χ4v) is 1.21. The van der Waals surface area contributed by atoms with Crippen molar-refractivity contribution in [1.29, 1.82) is 0 Å². The Morgan fingerprint density at radius 3 is 2.35 bits per heavy atom. The molecule has 1 heterocycles. The van der Waals surface area contributed by atoms with Crippen molar-refractivity contribution in [1.82, 2.24) is 9.97 Å². The number of aromatic nitrogens is 2. The second kappa shape index (κ2) is 4.49. The quantitative estimate of drug-likeness (QED) is 0.741. The van der Waals surface area contributed by atoms with Crippen LogP contribution in [0.25, 0.3) is 0 Å². The number of nitrogens with zero attached hydrogens (tertiary/aromatic N) is 2. The van der Waals surface area contributed by atoms with Gasteiger partial charge in [-0.3, -0.25) is 0 Å². The predicted octanol–water partition coefficient (Wildman–Crippen LogP) is 1.58. The maximum Gasteiger partial charge on any atom is 0.132 e. The van der Waals surface area contributed by atoms with Crippen LogP contribution in [0, 0.1) is 0 Å². The van der Waals surface area contributed by atoms with Gasteiger partial charge in [-0.15, -0.1) is 0 Å². The molecule has 0 aromatic carbocycles. The van der Waals surface area contributed by atoms with Crippen LogP contribution >= 0.6 is 0 Å². The molecule has 0 unspecified atom stereocenters. The third-order valence-electron chi connectivity index (χ3n) is 3.08. The Morgan fingerprint density at radius 1 is 1.29 bits per heavy atom. The van der Waals surface area contributed by atoms with E-state index in [1.165, 1.54) is 0 Å². The minimum atomic E-state index is -0.876. The van der Waals surface area contributed by atoms with Crippen LogP contribution < -0.4 is 11.1 Å². The molecule has 1 aromatic heterocycles. The zero-order chi connectivity index (χ0) is 13.3. The molecule has 0 spiro atoms. The normalized spacial score (nSPS) is 12.6. The number of hydrogen-bond acceptors (Lipinski definition) is 5. The van der Waals surface area contributed by atoms with Gasteiger partial charge in [0, 0.05) is 12.5 Å². The van der Waals surface area contributed by atoms with E-state index in [4.69, 9.17) is 5.73 Å². The Morgan fingerprint density at radius 2 is 1.88 bits per heavy atom. The van der Waals surface area contributed by atoms with Crippen molar-refractivity contribution in [3.05, 3.63) is 11.9 Å². The molecule has 96 valence electrons. The molecule has 0 aliphatic heterocycles. The van der Waals surface area contributed by atoms with E-state index < -0.39 is 11.1 Å². The van der Waals surface area contributed by atoms with E-state index in [0.29, 0.717) is 17.5 Å². The highest BCUT2D eigenvalue weighted by Gasteiger charge is 2.35. The molecule has 0 aliphatic carbocycles. The molecule has 0 atom stereocenters. The largest absolute Gasteiger partial charge is 0.388 e. The number of nitrogens with two attached hydrogens (primary N) is 1. The van der Waals surface area contributed by atoms with Gasteiger partial charge in [-0.05, 0) is 27.7 Å². The molecule has 4 N–H and O–H groups in total. The highest BCUT2D eigenvalue weighted by molar-refractivity contribution is 5.46. The molecule has 1 aromatic rings. The van der Waals surface area contributed by atoms with Gasteiger partial charge in [0.1, 0.15) is 17.5 Å². The smallest absolute Gasteiger partial charge is 0.132 e. The van der Waals surface area contributed by atoms with Crippen LogP contribution in [0.3, 0.4) is 0 Å². The number of aliphatic hydroxyl groups is 1. The lowest BCUT2D eigenvalue weighted by Crippen LogP contribution is -2.51. The molecule has 0 amide bonds. The van der Waals surface area contributed by atoms with Gasteiger partial charge < -0.3 is 16.2 Å². The van der Waals surface area contributed by atoms with E-state index in [2.05, 4.69) is 15.3 Å². The minimum Gasteiger partial charge on any atom is -0.388 e. The summed E-state index contributed by atoms with van der Waals surface area (Å²) in [5, 5.41) is 13.3. The molecular formula is C12H22N4O. The zero-order valence-corrected chi connectivity index (χ0v) is 11.2. The average Bonchev–Trinajstić information content (AvgIpc) is 2.14. The molecule has 5 nitrogen and oxygen atoms in total. The van der Waals surface area contributed by atoms with Crippen LogP contribution in [0.2, 0.25) is 0 Å². The molecular weight excluding hydrogens is 216 g/mol. The first-order valence-electron chi connectivity index (χ1n) is 5.79. The average molecular weight is 238 g/mol. The summed E-state index contributed by atoms with van der Waals surface area (Å²) in [6.07, 6.45) is 0.725. The maximum atomic E-state index is 10.1. The predicted molar refractivity (Wildman–Crippen MR) is 69.8 cm³/mol. The van der Waals surface area contributed by atoms with Crippen molar-refractivity contribution in [3.63, 3.8) is 0 Å². The van der Waals surface area contributed by atoms with E-state index in [-0.39, 0.29) is 0 Å². The van der Waals surface area contributed by atoms with Crippen molar-refractivity contribution in [2.75, 3.05) is 11.1 Å². The summed E-state index contributed by atoms with van der Waals surface area (Å²) in [6.45, 7) is 9.31. The molecule has 0 saturated carbocycles. The molecule has 5 heteroatoms. The van der Waals surface area contributed by atoms with Gasteiger partial charge >= 0.3 is 0 Å². The van der Waals surface area contributed by atoms with Gasteiger partial charge in [-0.2, -0.15) is 0 Å². The van der Waals surface area contributed by atoms with Crippen LogP contribution in [-0.2, 0) is 6.42 Å². The van der Waals surface area contributed by atoms with Crippen LogP contribution in [0.5, 0.6) is 0 Å². The highest BCUT2D eigenvalue weighted by atomic mass is 16.3. The van der Waals surface area contributed by atoms with Crippen molar-refractivity contribution < 1.29 is 5.11 Å². The number of nitrogen functional groups attached to an aromatic ring is 1. The van der Waals surface area contributed by atoms with Crippen molar-refractivity contribution in [2.45, 2.75) is 52.2 Å². The van der Waals surface area contributed by atoms with E-state index in [0.717, 1.165) is 6.42 Å². The van der Waals surface area contributed by atoms with Gasteiger partial charge in [-0.25, -0.2) is 9.97 Å². The van der Waals surface area contributed by atoms with Crippen molar-refractivity contribution >= 4 is 11.6 Å². The Labute approximate surface area is 102 Å². The second-order valence-electron chi connectivity index (χ2n) is 5.26. The molecule has 17 heavy (non-hydrogen) atoms. The number of aryl methyl sites for hydroxylation is 1. The van der Waals surface area contributed by atoms with Crippen LogP contribution in [-0.4, -0.2) is 26.2 Å². The third-order valence-corrected chi connectivity index (χ3v) is 3.08. The lowest BCUT2D eigenvalue weighted by atomic mass is 9.86. The molecule has 1 rings (SSSR count). The van der Waals surface area contributed by atoms with Gasteiger partial charge in [-0.1, -0.05) is 6.92 Å². The maximum absolute atomic E-state index is 10.1. The summed E-state index contributed by atoms with van der Waals surface area (Å²) >= 11 is 0. The fraction of sp³-hybridized carbons (Fsp3) is 0.667. The lowest BCUT2D eigenvalue weighted by molar-refractivity contribution is 0.0238. The third kappa shape index (κ3) is 3.30. The monoisotopic (exact) mass is 238 g/mol. The summed E-state index contributed by atoms with van der Waals surface area (Å²) in [4.78, 5) is 8.45. The SMILES string of the molecule is CCc1nc(N)cc(NC(C)(C)C(C)(C)O)n1. The standard InChI is InChI=1S/C12H22N4O/c1-6-9-14-8(13)7-10(15-9)16-11(2,3)12(4,5)17/h7,17H,6H2,1-5H3,(H3,13,14,15,16). The topological polar surface area (TPSA) is 84.1 Å². The second-order valence-corrected chi connectivity index (χ2v) is 5.26. The Balaban J connectivity index is 2.99.